The number of carbonyl (C=O) groups excluding carboxylic acids is 2. The molecule has 0 saturated carbocycles. The number of carbonyl (C=O) groups is 2. The lowest BCUT2D eigenvalue weighted by Crippen LogP contribution is -2.45. The fourth-order valence-corrected chi connectivity index (χ4v) is 1.89. The zero-order valence-electron chi connectivity index (χ0n) is 11.4. The van der Waals surface area contributed by atoms with Crippen LogP contribution in [-0.4, -0.2) is 41.3 Å². The SMILES string of the molecule is CCCC(C(=O)N(CC)CC(=O)NCC)C(N)=S. The Morgan fingerprint density at radius 3 is 2.33 bits per heavy atom. The van der Waals surface area contributed by atoms with Gasteiger partial charge in [-0.1, -0.05) is 25.6 Å². The molecule has 0 spiro atoms. The number of likely N-dealkylation sites (N-methyl/N-ethyl adjacent to an activating group) is 2. The van der Waals surface area contributed by atoms with E-state index in [2.05, 4.69) is 5.32 Å². The highest BCUT2D eigenvalue weighted by Gasteiger charge is 2.26. The first kappa shape index (κ1) is 16.8. The Labute approximate surface area is 114 Å². The molecule has 18 heavy (non-hydrogen) atoms. The van der Waals surface area contributed by atoms with Crippen molar-refractivity contribution >= 4 is 29.0 Å². The van der Waals surface area contributed by atoms with Crippen LogP contribution in [0.3, 0.4) is 0 Å². The van der Waals surface area contributed by atoms with Crippen molar-refractivity contribution in [2.24, 2.45) is 11.7 Å². The molecule has 0 radical (unpaired) electrons. The van der Waals surface area contributed by atoms with Gasteiger partial charge in [0.2, 0.25) is 11.8 Å². The van der Waals surface area contributed by atoms with Gasteiger partial charge in [-0.25, -0.2) is 0 Å². The van der Waals surface area contributed by atoms with Crippen molar-refractivity contribution in [2.45, 2.75) is 33.6 Å². The maximum absolute atomic E-state index is 12.2. The van der Waals surface area contributed by atoms with Crippen LogP contribution >= 0.6 is 12.2 Å². The van der Waals surface area contributed by atoms with Crippen LogP contribution in [0.5, 0.6) is 0 Å². The van der Waals surface area contributed by atoms with E-state index >= 15 is 0 Å². The minimum absolute atomic E-state index is 0.0615. The van der Waals surface area contributed by atoms with E-state index < -0.39 is 5.92 Å². The molecule has 3 N–H and O–H groups in total. The molecule has 0 aromatic carbocycles. The lowest BCUT2D eigenvalue weighted by molar-refractivity contribution is -0.137. The van der Waals surface area contributed by atoms with Gasteiger partial charge in [-0.15, -0.1) is 0 Å². The summed E-state index contributed by atoms with van der Waals surface area (Å²) in [5.74, 6) is -0.775. The average Bonchev–Trinajstić information content (AvgIpc) is 2.32. The lowest BCUT2D eigenvalue weighted by atomic mass is 10.0. The third kappa shape index (κ3) is 5.44. The highest BCUT2D eigenvalue weighted by atomic mass is 32.1. The van der Waals surface area contributed by atoms with Gasteiger partial charge in [0.15, 0.2) is 0 Å². The first-order valence-corrected chi connectivity index (χ1v) is 6.73. The van der Waals surface area contributed by atoms with Gasteiger partial charge in [-0.2, -0.15) is 0 Å². The van der Waals surface area contributed by atoms with Crippen LogP contribution in [0, 0.1) is 5.92 Å². The zero-order valence-corrected chi connectivity index (χ0v) is 12.2. The van der Waals surface area contributed by atoms with Gasteiger partial charge in [0.25, 0.3) is 0 Å². The summed E-state index contributed by atoms with van der Waals surface area (Å²) in [7, 11) is 0. The van der Waals surface area contributed by atoms with Crippen molar-refractivity contribution < 1.29 is 9.59 Å². The van der Waals surface area contributed by atoms with Gasteiger partial charge in [0.1, 0.15) is 0 Å². The number of nitrogens with zero attached hydrogens (tertiary/aromatic N) is 1. The molecular formula is C12H23N3O2S. The Bertz CT molecular complexity index is 308. The van der Waals surface area contributed by atoms with Crippen LogP contribution in [0.2, 0.25) is 0 Å². The summed E-state index contributed by atoms with van der Waals surface area (Å²) < 4.78 is 0. The minimum Gasteiger partial charge on any atom is -0.393 e. The molecule has 1 unspecified atom stereocenters. The second-order valence-electron chi connectivity index (χ2n) is 4.05. The van der Waals surface area contributed by atoms with Crippen molar-refractivity contribution in [1.29, 1.82) is 0 Å². The lowest BCUT2D eigenvalue weighted by Gasteiger charge is -2.25. The van der Waals surface area contributed by atoms with E-state index in [9.17, 15) is 9.59 Å². The summed E-state index contributed by atoms with van der Waals surface area (Å²) in [6.07, 6.45) is 1.45. The van der Waals surface area contributed by atoms with E-state index in [1.54, 1.807) is 0 Å². The molecule has 2 amide bonds. The van der Waals surface area contributed by atoms with Gasteiger partial charge in [0.05, 0.1) is 17.5 Å². The molecule has 0 aliphatic carbocycles. The van der Waals surface area contributed by atoms with Gasteiger partial charge in [-0.05, 0) is 20.3 Å². The van der Waals surface area contributed by atoms with Crippen LogP contribution in [-0.2, 0) is 9.59 Å². The molecular weight excluding hydrogens is 250 g/mol. The maximum Gasteiger partial charge on any atom is 0.239 e. The third-order valence-corrected chi connectivity index (χ3v) is 2.91. The van der Waals surface area contributed by atoms with E-state index in [0.717, 1.165) is 6.42 Å². The predicted molar refractivity (Wildman–Crippen MR) is 76.1 cm³/mol. The fraction of sp³-hybridized carbons (Fsp3) is 0.750. The molecule has 0 fully saturated rings. The van der Waals surface area contributed by atoms with Crippen LogP contribution in [0.15, 0.2) is 0 Å². The highest BCUT2D eigenvalue weighted by molar-refractivity contribution is 7.80. The van der Waals surface area contributed by atoms with Gasteiger partial charge in [-0.3, -0.25) is 9.59 Å². The number of nitrogens with one attached hydrogen (secondary N) is 1. The van der Waals surface area contributed by atoms with Crippen molar-refractivity contribution in [3.05, 3.63) is 0 Å². The van der Waals surface area contributed by atoms with Gasteiger partial charge >= 0.3 is 0 Å². The Kier molecular flexibility index (Phi) is 8.28. The fourth-order valence-electron chi connectivity index (χ4n) is 1.67. The number of thiocarbonyl (C=S) groups is 1. The Hall–Kier alpha value is -1.17. The molecule has 0 bridgehead atoms. The maximum atomic E-state index is 12.2. The summed E-state index contributed by atoms with van der Waals surface area (Å²) in [5.41, 5.74) is 5.59. The third-order valence-electron chi connectivity index (χ3n) is 2.62. The first-order chi connectivity index (χ1) is 8.47. The van der Waals surface area contributed by atoms with E-state index in [0.29, 0.717) is 19.5 Å². The predicted octanol–water partition coefficient (Wildman–Crippen LogP) is 0.673. The monoisotopic (exact) mass is 273 g/mol. The van der Waals surface area contributed by atoms with Crippen LogP contribution in [0.4, 0.5) is 0 Å². The first-order valence-electron chi connectivity index (χ1n) is 6.32. The number of rotatable bonds is 8. The molecule has 0 heterocycles. The molecule has 5 nitrogen and oxygen atoms in total. The van der Waals surface area contributed by atoms with E-state index in [-0.39, 0.29) is 23.3 Å². The number of amides is 2. The van der Waals surface area contributed by atoms with Crippen molar-refractivity contribution in [3.8, 4) is 0 Å². The standard InChI is InChI=1S/C12H23N3O2S/c1-4-7-9(11(13)18)12(17)15(6-3)8-10(16)14-5-2/h9H,4-8H2,1-3H3,(H2,13,18)(H,14,16). The quantitative estimate of drug-likeness (QED) is 0.638. The summed E-state index contributed by atoms with van der Waals surface area (Å²) in [6, 6.07) is 0. The number of hydrogen-bond donors (Lipinski definition) is 2. The summed E-state index contributed by atoms with van der Waals surface area (Å²) in [6.45, 7) is 6.73. The van der Waals surface area contributed by atoms with E-state index in [1.165, 1.54) is 4.90 Å². The molecule has 0 aliphatic heterocycles. The molecule has 0 saturated heterocycles. The molecule has 0 aromatic rings. The molecule has 0 aromatic heterocycles. The molecule has 0 rings (SSSR count). The second kappa shape index (κ2) is 8.85. The van der Waals surface area contributed by atoms with Gasteiger partial charge < -0.3 is 16.0 Å². The Morgan fingerprint density at radius 1 is 1.33 bits per heavy atom. The van der Waals surface area contributed by atoms with Crippen LogP contribution < -0.4 is 11.1 Å². The largest absolute Gasteiger partial charge is 0.393 e. The minimum atomic E-state index is -0.459. The van der Waals surface area contributed by atoms with Crippen molar-refractivity contribution in [1.82, 2.24) is 10.2 Å². The smallest absolute Gasteiger partial charge is 0.239 e. The second-order valence-corrected chi connectivity index (χ2v) is 4.52. The van der Waals surface area contributed by atoms with Crippen molar-refractivity contribution in [2.75, 3.05) is 19.6 Å². The van der Waals surface area contributed by atoms with Crippen molar-refractivity contribution in [3.63, 3.8) is 0 Å². The Morgan fingerprint density at radius 2 is 1.94 bits per heavy atom. The van der Waals surface area contributed by atoms with E-state index in [1.807, 2.05) is 20.8 Å². The molecule has 104 valence electrons. The molecule has 1 atom stereocenters. The number of hydrogen-bond acceptors (Lipinski definition) is 3. The Balaban J connectivity index is 4.66. The van der Waals surface area contributed by atoms with Crippen LogP contribution in [0.1, 0.15) is 33.6 Å². The molecule has 0 aliphatic rings. The highest BCUT2D eigenvalue weighted by Crippen LogP contribution is 2.11. The topological polar surface area (TPSA) is 75.4 Å². The number of nitrogens with two attached hydrogens (primary N) is 1. The zero-order chi connectivity index (χ0) is 14.1. The average molecular weight is 273 g/mol. The summed E-state index contributed by atoms with van der Waals surface area (Å²) >= 11 is 4.92. The summed E-state index contributed by atoms with van der Waals surface area (Å²) in [4.78, 5) is 25.4. The normalized spacial score (nSPS) is 11.7. The van der Waals surface area contributed by atoms with Gasteiger partial charge in [0, 0.05) is 13.1 Å². The van der Waals surface area contributed by atoms with E-state index in [4.69, 9.17) is 18.0 Å². The molecule has 6 heteroatoms. The summed E-state index contributed by atoms with van der Waals surface area (Å²) in [5, 5.41) is 2.67. The van der Waals surface area contributed by atoms with Crippen LogP contribution in [0.25, 0.3) is 0 Å².